The molecule has 4 aromatic rings. The topological polar surface area (TPSA) is 136 Å². The summed E-state index contributed by atoms with van der Waals surface area (Å²) in [6, 6.07) is 5.86. The highest BCUT2D eigenvalue weighted by molar-refractivity contribution is 6.33. The monoisotopic (exact) mass is 488 g/mol. The van der Waals surface area contributed by atoms with E-state index >= 15 is 0 Å². The fourth-order valence-electron chi connectivity index (χ4n) is 5.07. The number of anilines is 2. The van der Waals surface area contributed by atoms with E-state index in [0.29, 0.717) is 36.0 Å². The molecular weight excluding hydrogens is 466 g/mol. The van der Waals surface area contributed by atoms with Gasteiger partial charge in [-0.25, -0.2) is 23.3 Å². The van der Waals surface area contributed by atoms with E-state index in [-0.39, 0.29) is 27.6 Å². The zero-order chi connectivity index (χ0) is 24.4. The van der Waals surface area contributed by atoms with Gasteiger partial charge in [-0.1, -0.05) is 18.5 Å². The molecule has 0 unspecified atom stereocenters. The average Bonchev–Trinajstić information content (AvgIpc) is 3.24. The van der Waals surface area contributed by atoms with Crippen LogP contribution >= 0.6 is 11.6 Å². The summed E-state index contributed by atoms with van der Waals surface area (Å²) < 4.78 is 30.5. The van der Waals surface area contributed by atoms with E-state index < -0.39 is 35.2 Å². The summed E-state index contributed by atoms with van der Waals surface area (Å²) in [6.07, 6.45) is 0.214. The number of halogens is 3. The lowest BCUT2D eigenvalue weighted by atomic mass is 9.80. The molecule has 3 heterocycles. The molecular formula is C23H23ClF2N6O2. The zero-order valence-corrected chi connectivity index (χ0v) is 19.0. The minimum atomic E-state index is -1.14. The van der Waals surface area contributed by atoms with Crippen LogP contribution in [0.25, 0.3) is 16.4 Å². The second kappa shape index (κ2) is 8.00. The highest BCUT2D eigenvalue weighted by Gasteiger charge is 2.50. The first-order valence-corrected chi connectivity index (χ1v) is 11.1. The molecule has 0 saturated heterocycles. The van der Waals surface area contributed by atoms with Crippen molar-refractivity contribution in [2.45, 2.75) is 44.3 Å². The van der Waals surface area contributed by atoms with Crippen molar-refractivity contribution in [2.75, 3.05) is 11.5 Å². The third kappa shape index (κ3) is 3.53. The number of nitrogen functional groups attached to an aromatic ring is 2. The van der Waals surface area contributed by atoms with Crippen LogP contribution in [0.15, 0.2) is 30.6 Å². The predicted molar refractivity (Wildman–Crippen MR) is 124 cm³/mol. The van der Waals surface area contributed by atoms with Crippen LogP contribution in [0.2, 0.25) is 5.02 Å². The molecule has 3 aromatic heterocycles. The Bertz CT molecular complexity index is 1430. The minimum absolute atomic E-state index is 0.0107. The van der Waals surface area contributed by atoms with Crippen molar-refractivity contribution in [3.8, 4) is 0 Å². The number of aryl methyl sites for hydroxylation is 1. The molecule has 1 aliphatic rings. The van der Waals surface area contributed by atoms with Gasteiger partial charge in [0.25, 0.3) is 0 Å². The highest BCUT2D eigenvalue weighted by Crippen LogP contribution is 2.49. The molecule has 6 N–H and O–H groups in total. The SMILES string of the molecule is C[C@]1(CCc2cc(F)c3cc(Cl)c(N)nc3c2)C[C@@H](c2cc(F)c3c(N)ncnn23)[C@H](O)[C@@H]1O. The molecule has 1 aliphatic carbocycles. The number of nitrogens with two attached hydrogens (primary N) is 2. The first-order chi connectivity index (χ1) is 16.1. The van der Waals surface area contributed by atoms with Gasteiger partial charge in [-0.15, -0.1) is 0 Å². The Labute approximate surface area is 198 Å². The number of aliphatic hydroxyl groups is 2. The second-order valence-corrected chi connectivity index (χ2v) is 9.63. The fraction of sp³-hybridized carbons (Fsp3) is 0.348. The van der Waals surface area contributed by atoms with Crippen LogP contribution in [0.3, 0.4) is 0 Å². The molecule has 8 nitrogen and oxygen atoms in total. The Morgan fingerprint density at radius 2 is 1.91 bits per heavy atom. The average molecular weight is 489 g/mol. The second-order valence-electron chi connectivity index (χ2n) is 9.22. The number of aromatic nitrogens is 4. The van der Waals surface area contributed by atoms with Crippen LogP contribution in [0.4, 0.5) is 20.4 Å². The van der Waals surface area contributed by atoms with E-state index in [1.165, 1.54) is 29.0 Å². The Morgan fingerprint density at radius 3 is 2.68 bits per heavy atom. The molecule has 0 radical (unpaired) electrons. The van der Waals surface area contributed by atoms with Crippen molar-refractivity contribution in [3.63, 3.8) is 0 Å². The lowest BCUT2D eigenvalue weighted by Crippen LogP contribution is -2.34. The predicted octanol–water partition coefficient (Wildman–Crippen LogP) is 3.22. The number of fused-ring (bicyclic) bond motifs is 2. The third-order valence-electron chi connectivity index (χ3n) is 6.99. The molecule has 4 atom stereocenters. The van der Waals surface area contributed by atoms with Gasteiger partial charge in [0.15, 0.2) is 11.6 Å². The van der Waals surface area contributed by atoms with Crippen LogP contribution in [0.5, 0.6) is 0 Å². The lowest BCUT2D eigenvalue weighted by molar-refractivity contribution is -0.0204. The number of rotatable bonds is 4. The number of hydrogen-bond donors (Lipinski definition) is 4. The Morgan fingerprint density at radius 1 is 1.15 bits per heavy atom. The van der Waals surface area contributed by atoms with Crippen molar-refractivity contribution >= 4 is 39.7 Å². The van der Waals surface area contributed by atoms with Gasteiger partial charge < -0.3 is 21.7 Å². The van der Waals surface area contributed by atoms with E-state index in [0.717, 1.165) is 0 Å². The number of aliphatic hydroxyl groups excluding tert-OH is 2. The van der Waals surface area contributed by atoms with Crippen LogP contribution < -0.4 is 11.5 Å². The summed E-state index contributed by atoms with van der Waals surface area (Å²) in [6.45, 7) is 1.85. The zero-order valence-electron chi connectivity index (χ0n) is 18.2. The van der Waals surface area contributed by atoms with Gasteiger partial charge in [0.1, 0.15) is 23.5 Å². The largest absolute Gasteiger partial charge is 0.390 e. The van der Waals surface area contributed by atoms with Gasteiger partial charge in [-0.2, -0.15) is 5.10 Å². The number of hydrogen-bond acceptors (Lipinski definition) is 7. The van der Waals surface area contributed by atoms with E-state index in [4.69, 9.17) is 23.1 Å². The molecule has 178 valence electrons. The van der Waals surface area contributed by atoms with Crippen LogP contribution in [-0.2, 0) is 6.42 Å². The molecule has 1 fully saturated rings. The first kappa shape index (κ1) is 22.7. The first-order valence-electron chi connectivity index (χ1n) is 10.8. The van der Waals surface area contributed by atoms with E-state index in [2.05, 4.69) is 15.1 Å². The summed E-state index contributed by atoms with van der Waals surface area (Å²) in [5.41, 5.74) is 12.3. The maximum Gasteiger partial charge on any atom is 0.154 e. The van der Waals surface area contributed by atoms with Crippen LogP contribution in [-0.4, -0.2) is 42.0 Å². The lowest BCUT2D eigenvalue weighted by Gasteiger charge is -2.28. The van der Waals surface area contributed by atoms with Gasteiger partial charge in [0.05, 0.1) is 28.4 Å². The van der Waals surface area contributed by atoms with E-state index in [1.54, 1.807) is 6.07 Å². The summed E-state index contributed by atoms with van der Waals surface area (Å²) in [5.74, 6) is -1.54. The number of nitrogens with zero attached hydrogens (tertiary/aromatic N) is 4. The summed E-state index contributed by atoms with van der Waals surface area (Å²) in [7, 11) is 0. The third-order valence-corrected chi connectivity index (χ3v) is 7.29. The van der Waals surface area contributed by atoms with Crippen LogP contribution in [0, 0.1) is 17.0 Å². The van der Waals surface area contributed by atoms with Crippen molar-refractivity contribution in [3.05, 3.63) is 58.5 Å². The summed E-state index contributed by atoms with van der Waals surface area (Å²) in [4.78, 5) is 7.98. The minimum Gasteiger partial charge on any atom is -0.390 e. The molecule has 0 aliphatic heterocycles. The van der Waals surface area contributed by atoms with Gasteiger partial charge in [0, 0.05) is 11.3 Å². The van der Waals surface area contributed by atoms with Crippen molar-refractivity contribution in [1.82, 2.24) is 19.6 Å². The molecule has 1 saturated carbocycles. The maximum absolute atomic E-state index is 14.7. The summed E-state index contributed by atoms with van der Waals surface area (Å²) in [5, 5.41) is 26.3. The van der Waals surface area contributed by atoms with Gasteiger partial charge in [-0.3, -0.25) is 0 Å². The van der Waals surface area contributed by atoms with Crippen LogP contribution in [0.1, 0.15) is 36.9 Å². The molecule has 1 aromatic carbocycles. The molecule has 0 bridgehead atoms. The molecule has 11 heteroatoms. The quantitative estimate of drug-likeness (QED) is 0.346. The summed E-state index contributed by atoms with van der Waals surface area (Å²) >= 11 is 5.96. The van der Waals surface area contributed by atoms with Crippen molar-refractivity contribution in [2.24, 2.45) is 5.41 Å². The smallest absolute Gasteiger partial charge is 0.154 e. The number of benzene rings is 1. The molecule has 0 amide bonds. The van der Waals surface area contributed by atoms with E-state index in [9.17, 15) is 19.0 Å². The van der Waals surface area contributed by atoms with Gasteiger partial charge in [-0.05, 0) is 54.5 Å². The van der Waals surface area contributed by atoms with Gasteiger partial charge >= 0.3 is 0 Å². The molecule has 5 rings (SSSR count). The Balaban J connectivity index is 1.42. The Hall–Kier alpha value is -3.08. The normalized spacial score (nSPS) is 24.9. The Kier molecular flexibility index (Phi) is 5.34. The van der Waals surface area contributed by atoms with Crippen molar-refractivity contribution < 1.29 is 19.0 Å². The number of pyridine rings is 1. The van der Waals surface area contributed by atoms with Crippen molar-refractivity contribution in [1.29, 1.82) is 0 Å². The standard InChI is InChI=1S/C23H23ClF2N6O2/c1-23(3-2-10-4-14(25)11-6-13(24)21(27)31-16(11)5-10)8-12(19(33)20(23)34)17-7-15(26)18-22(28)29-9-30-32(17)18/h4-7,9,12,19-20,33-34H,2-3,8H2,1H3,(H2,27,31)(H2,28,29,30)/t12-,19-,20-,23-/m0/s1. The maximum atomic E-state index is 14.7. The highest BCUT2D eigenvalue weighted by atomic mass is 35.5. The molecule has 0 spiro atoms. The molecule has 34 heavy (non-hydrogen) atoms. The van der Waals surface area contributed by atoms with Gasteiger partial charge in [0.2, 0.25) is 0 Å². The fourth-order valence-corrected chi connectivity index (χ4v) is 5.22. The van der Waals surface area contributed by atoms with E-state index in [1.807, 2.05) is 6.92 Å².